The molecule has 2 aliphatic rings. The van der Waals surface area contributed by atoms with E-state index in [9.17, 15) is 4.79 Å². The Hall–Kier alpha value is -2.21. The zero-order valence-corrected chi connectivity index (χ0v) is 13.6. The van der Waals surface area contributed by atoms with Gasteiger partial charge in [0.1, 0.15) is 0 Å². The largest absolute Gasteiger partial charge is 0.476 e. The molecule has 1 atom stereocenters. The normalized spacial score (nSPS) is 21.8. The molecule has 1 saturated heterocycles. The first-order valence-corrected chi connectivity index (χ1v) is 8.63. The minimum atomic E-state index is -1.02. The number of aromatic nitrogens is 3. The van der Waals surface area contributed by atoms with Crippen molar-refractivity contribution in [1.29, 1.82) is 0 Å². The van der Waals surface area contributed by atoms with Crippen molar-refractivity contribution in [3.63, 3.8) is 0 Å². The monoisotopic (exact) mass is 326 g/mol. The molecule has 4 rings (SSSR count). The molecule has 126 valence electrons. The number of benzene rings is 1. The number of aromatic carboxylic acids is 1. The fourth-order valence-corrected chi connectivity index (χ4v) is 4.11. The van der Waals surface area contributed by atoms with Gasteiger partial charge in [-0.3, -0.25) is 0 Å². The zero-order chi connectivity index (χ0) is 16.5. The van der Waals surface area contributed by atoms with Crippen molar-refractivity contribution < 1.29 is 9.90 Å². The summed E-state index contributed by atoms with van der Waals surface area (Å²) in [6.45, 7) is 3.14. The number of hydrogen-bond donors (Lipinski definition) is 1. The van der Waals surface area contributed by atoms with Gasteiger partial charge in [0.2, 0.25) is 0 Å². The summed E-state index contributed by atoms with van der Waals surface area (Å²) in [5.74, 6) is -0.330. The number of fused-ring (bicyclic) bond motifs is 1. The van der Waals surface area contributed by atoms with E-state index in [0.29, 0.717) is 5.92 Å². The highest BCUT2D eigenvalue weighted by Gasteiger charge is 2.27. The van der Waals surface area contributed by atoms with E-state index in [0.717, 1.165) is 32.5 Å². The molecule has 2 aromatic rings. The second-order valence-electron chi connectivity index (χ2n) is 6.99. The van der Waals surface area contributed by atoms with Gasteiger partial charge in [-0.05, 0) is 49.3 Å². The van der Waals surface area contributed by atoms with E-state index in [-0.39, 0.29) is 11.7 Å². The second-order valence-corrected chi connectivity index (χ2v) is 6.99. The smallest absolute Gasteiger partial charge is 0.358 e. The summed E-state index contributed by atoms with van der Waals surface area (Å²) in [4.78, 5) is 13.5. The maximum absolute atomic E-state index is 11.0. The van der Waals surface area contributed by atoms with Gasteiger partial charge in [0.15, 0.2) is 5.69 Å². The molecule has 24 heavy (non-hydrogen) atoms. The van der Waals surface area contributed by atoms with Crippen LogP contribution in [0.2, 0.25) is 0 Å². The summed E-state index contributed by atoms with van der Waals surface area (Å²) in [5.41, 5.74) is 3.02. The minimum Gasteiger partial charge on any atom is -0.476 e. The van der Waals surface area contributed by atoms with Crippen LogP contribution in [0.25, 0.3) is 0 Å². The van der Waals surface area contributed by atoms with Gasteiger partial charge < -0.3 is 10.0 Å². The molecule has 1 aliphatic heterocycles. The Morgan fingerprint density at radius 1 is 1.25 bits per heavy atom. The number of likely N-dealkylation sites (tertiary alicyclic amines) is 1. The number of carbonyl (C=O) groups is 1. The quantitative estimate of drug-likeness (QED) is 0.931. The van der Waals surface area contributed by atoms with E-state index in [1.807, 2.05) is 0 Å². The van der Waals surface area contributed by atoms with E-state index >= 15 is 0 Å². The third-order valence-electron chi connectivity index (χ3n) is 5.24. The van der Waals surface area contributed by atoms with E-state index in [4.69, 9.17) is 5.11 Å². The molecule has 1 aromatic carbocycles. The van der Waals surface area contributed by atoms with E-state index in [2.05, 4.69) is 39.5 Å². The van der Waals surface area contributed by atoms with Crippen molar-refractivity contribution in [2.24, 2.45) is 5.92 Å². The number of carboxylic acids is 1. The predicted molar refractivity (Wildman–Crippen MR) is 89.0 cm³/mol. The van der Waals surface area contributed by atoms with Gasteiger partial charge >= 0.3 is 5.97 Å². The predicted octanol–water partition coefficient (Wildman–Crippen LogP) is 2.03. The van der Waals surface area contributed by atoms with Gasteiger partial charge in [0.05, 0.1) is 12.2 Å². The molecule has 0 saturated carbocycles. The Balaban J connectivity index is 1.38. The summed E-state index contributed by atoms with van der Waals surface area (Å²) in [5, 5.41) is 16.8. The summed E-state index contributed by atoms with van der Waals surface area (Å²) >= 11 is 0. The van der Waals surface area contributed by atoms with Crippen LogP contribution in [0.4, 0.5) is 0 Å². The molecule has 1 aliphatic carbocycles. The number of hydrogen-bond acceptors (Lipinski definition) is 4. The number of carboxylic acid groups (broad SMARTS) is 1. The highest BCUT2D eigenvalue weighted by molar-refractivity contribution is 5.84. The Bertz CT molecular complexity index is 717. The minimum absolute atomic E-state index is 0.0263. The van der Waals surface area contributed by atoms with Gasteiger partial charge in [0, 0.05) is 13.1 Å². The maximum atomic E-state index is 11.0. The highest BCUT2D eigenvalue weighted by atomic mass is 16.4. The second kappa shape index (κ2) is 6.36. The first kappa shape index (κ1) is 15.3. The Kier molecular flexibility index (Phi) is 4.06. The van der Waals surface area contributed by atoms with Crippen molar-refractivity contribution in [3.8, 4) is 0 Å². The van der Waals surface area contributed by atoms with Crippen LogP contribution in [0.1, 0.15) is 40.5 Å². The molecule has 1 N–H and O–H groups in total. The molecule has 0 bridgehead atoms. The molecular weight excluding hydrogens is 304 g/mol. The van der Waals surface area contributed by atoms with Gasteiger partial charge in [0.25, 0.3) is 0 Å². The summed E-state index contributed by atoms with van der Waals surface area (Å²) < 4.78 is 1.74. The highest BCUT2D eigenvalue weighted by Crippen LogP contribution is 2.29. The standard InChI is InChI=1S/C18H22N4O2/c23-18(24)17-12-22(20-19-17)16-6-3-7-21(11-16)10-13-8-14-4-1-2-5-15(14)9-13/h1-2,4-5,12-13,16H,3,6-11H2,(H,23,24). The van der Waals surface area contributed by atoms with Gasteiger partial charge in [-0.15, -0.1) is 5.10 Å². The Morgan fingerprint density at radius 2 is 2.00 bits per heavy atom. The van der Waals surface area contributed by atoms with Crippen molar-refractivity contribution in [3.05, 3.63) is 47.3 Å². The van der Waals surface area contributed by atoms with Gasteiger partial charge in [-0.25, -0.2) is 9.48 Å². The van der Waals surface area contributed by atoms with E-state index in [1.54, 1.807) is 10.9 Å². The van der Waals surface area contributed by atoms with Crippen LogP contribution < -0.4 is 0 Å². The van der Waals surface area contributed by atoms with Gasteiger partial charge in [-0.1, -0.05) is 29.5 Å². The van der Waals surface area contributed by atoms with Crippen LogP contribution in [0, 0.1) is 5.92 Å². The maximum Gasteiger partial charge on any atom is 0.358 e. The third-order valence-corrected chi connectivity index (χ3v) is 5.24. The lowest BCUT2D eigenvalue weighted by Gasteiger charge is -2.34. The van der Waals surface area contributed by atoms with Crippen LogP contribution in [0.3, 0.4) is 0 Å². The van der Waals surface area contributed by atoms with Crippen molar-refractivity contribution >= 4 is 5.97 Å². The fraction of sp³-hybridized carbons (Fsp3) is 0.500. The summed E-state index contributed by atoms with van der Waals surface area (Å²) in [7, 11) is 0. The van der Waals surface area contributed by atoms with Crippen LogP contribution in [0.5, 0.6) is 0 Å². The first-order chi connectivity index (χ1) is 11.7. The molecule has 1 unspecified atom stereocenters. The molecule has 0 amide bonds. The Labute approximate surface area is 141 Å². The van der Waals surface area contributed by atoms with Crippen molar-refractivity contribution in [2.75, 3.05) is 19.6 Å². The zero-order valence-electron chi connectivity index (χ0n) is 13.6. The van der Waals surface area contributed by atoms with Crippen molar-refractivity contribution in [2.45, 2.75) is 31.7 Å². The van der Waals surface area contributed by atoms with Crippen molar-refractivity contribution in [1.82, 2.24) is 19.9 Å². The molecule has 0 spiro atoms. The first-order valence-electron chi connectivity index (χ1n) is 8.63. The molecule has 1 aromatic heterocycles. The molecule has 2 heterocycles. The average molecular weight is 326 g/mol. The number of piperidine rings is 1. The van der Waals surface area contributed by atoms with E-state index in [1.165, 1.54) is 24.0 Å². The van der Waals surface area contributed by atoms with Crippen LogP contribution in [0.15, 0.2) is 30.5 Å². The molecule has 6 heteroatoms. The molecule has 1 fully saturated rings. The van der Waals surface area contributed by atoms with Crippen LogP contribution in [-0.2, 0) is 12.8 Å². The van der Waals surface area contributed by atoms with Gasteiger partial charge in [-0.2, -0.15) is 0 Å². The molecule has 6 nitrogen and oxygen atoms in total. The SMILES string of the molecule is O=C(O)c1cn(C2CCCN(CC3Cc4ccccc4C3)C2)nn1. The molecular formula is C18H22N4O2. The molecule has 0 radical (unpaired) electrons. The third kappa shape index (κ3) is 3.06. The number of nitrogens with zero attached hydrogens (tertiary/aromatic N) is 4. The lowest BCUT2D eigenvalue weighted by atomic mass is 10.0. The number of rotatable bonds is 4. The average Bonchev–Trinajstić information content (AvgIpc) is 3.21. The van der Waals surface area contributed by atoms with E-state index < -0.39 is 5.97 Å². The Morgan fingerprint density at radius 3 is 2.67 bits per heavy atom. The summed E-state index contributed by atoms with van der Waals surface area (Å²) in [6, 6.07) is 8.98. The lowest BCUT2D eigenvalue weighted by Crippen LogP contribution is -2.39. The topological polar surface area (TPSA) is 71.2 Å². The summed E-state index contributed by atoms with van der Waals surface area (Å²) in [6.07, 6.45) is 6.05. The lowest BCUT2D eigenvalue weighted by molar-refractivity contribution is 0.0690. The van der Waals surface area contributed by atoms with Crippen LogP contribution >= 0.6 is 0 Å². The fourth-order valence-electron chi connectivity index (χ4n) is 4.11. The van der Waals surface area contributed by atoms with Crippen LogP contribution in [-0.4, -0.2) is 50.6 Å².